The van der Waals surface area contributed by atoms with Crippen LogP contribution in [0.2, 0.25) is 0 Å². The number of ether oxygens (including phenoxy) is 1. The number of hydrogen-bond donors (Lipinski definition) is 0. The molecule has 0 radical (unpaired) electrons. The molecule has 76 valence electrons. The third-order valence-corrected chi connectivity index (χ3v) is 2.99. The molecule has 0 bridgehead atoms. The van der Waals surface area contributed by atoms with E-state index in [0.29, 0.717) is 11.3 Å². The SMILES string of the molecule is COc1cc(Br)c2ccccc2c1C=O. The second-order valence-corrected chi connectivity index (χ2v) is 3.99. The highest BCUT2D eigenvalue weighted by Crippen LogP contribution is 2.32. The fraction of sp³-hybridized carbons (Fsp3) is 0.0833. The zero-order chi connectivity index (χ0) is 10.8. The van der Waals surface area contributed by atoms with E-state index in [-0.39, 0.29) is 0 Å². The number of rotatable bonds is 2. The molecule has 2 rings (SSSR count). The molecule has 0 atom stereocenters. The molecular weight excluding hydrogens is 256 g/mol. The Labute approximate surface area is 96.0 Å². The van der Waals surface area contributed by atoms with E-state index in [1.54, 1.807) is 7.11 Å². The molecule has 0 heterocycles. The number of methoxy groups -OCH3 is 1. The van der Waals surface area contributed by atoms with Crippen LogP contribution in [-0.2, 0) is 0 Å². The number of benzene rings is 2. The third-order valence-electron chi connectivity index (χ3n) is 2.34. The molecule has 0 aliphatic heterocycles. The summed E-state index contributed by atoms with van der Waals surface area (Å²) < 4.78 is 6.09. The monoisotopic (exact) mass is 264 g/mol. The van der Waals surface area contributed by atoms with E-state index in [1.165, 1.54) is 0 Å². The number of halogens is 1. The predicted molar refractivity (Wildman–Crippen MR) is 63.6 cm³/mol. The number of fused-ring (bicyclic) bond motifs is 1. The van der Waals surface area contributed by atoms with Gasteiger partial charge in [-0.15, -0.1) is 0 Å². The van der Waals surface area contributed by atoms with E-state index < -0.39 is 0 Å². The van der Waals surface area contributed by atoms with Crippen LogP contribution in [0.5, 0.6) is 5.75 Å². The van der Waals surface area contributed by atoms with Crippen molar-refractivity contribution in [2.45, 2.75) is 0 Å². The Bertz CT molecular complexity index is 520. The van der Waals surface area contributed by atoms with E-state index in [2.05, 4.69) is 15.9 Å². The molecule has 0 saturated carbocycles. The molecule has 2 aromatic carbocycles. The van der Waals surface area contributed by atoms with Crippen molar-refractivity contribution in [1.29, 1.82) is 0 Å². The average molecular weight is 265 g/mol. The minimum atomic E-state index is 0.593. The van der Waals surface area contributed by atoms with Crippen molar-refractivity contribution < 1.29 is 9.53 Å². The second kappa shape index (κ2) is 4.03. The highest BCUT2D eigenvalue weighted by atomic mass is 79.9. The minimum Gasteiger partial charge on any atom is -0.496 e. The summed E-state index contributed by atoms with van der Waals surface area (Å²) in [6.45, 7) is 0. The molecule has 0 aliphatic carbocycles. The first kappa shape index (κ1) is 10.2. The largest absolute Gasteiger partial charge is 0.496 e. The zero-order valence-corrected chi connectivity index (χ0v) is 9.74. The van der Waals surface area contributed by atoms with Crippen LogP contribution in [0.4, 0.5) is 0 Å². The van der Waals surface area contributed by atoms with Gasteiger partial charge in [-0.25, -0.2) is 0 Å². The van der Waals surface area contributed by atoms with Gasteiger partial charge in [0, 0.05) is 4.47 Å². The van der Waals surface area contributed by atoms with E-state index in [0.717, 1.165) is 21.5 Å². The summed E-state index contributed by atoms with van der Waals surface area (Å²) in [5, 5.41) is 1.92. The topological polar surface area (TPSA) is 26.3 Å². The Morgan fingerprint density at radius 2 is 1.93 bits per heavy atom. The van der Waals surface area contributed by atoms with Crippen molar-refractivity contribution in [3.8, 4) is 5.75 Å². The molecule has 0 unspecified atom stereocenters. The average Bonchev–Trinajstić information content (AvgIpc) is 2.29. The van der Waals surface area contributed by atoms with Gasteiger partial charge in [-0.3, -0.25) is 4.79 Å². The van der Waals surface area contributed by atoms with Crippen LogP contribution in [-0.4, -0.2) is 13.4 Å². The zero-order valence-electron chi connectivity index (χ0n) is 8.16. The minimum absolute atomic E-state index is 0.593. The molecule has 0 aromatic heterocycles. The van der Waals surface area contributed by atoms with Gasteiger partial charge in [0.2, 0.25) is 0 Å². The van der Waals surface area contributed by atoms with Crippen molar-refractivity contribution in [2.24, 2.45) is 0 Å². The Morgan fingerprint density at radius 3 is 2.53 bits per heavy atom. The molecule has 0 spiro atoms. The first-order valence-corrected chi connectivity index (χ1v) is 5.27. The van der Waals surface area contributed by atoms with Crippen molar-refractivity contribution in [3.63, 3.8) is 0 Å². The quantitative estimate of drug-likeness (QED) is 0.777. The van der Waals surface area contributed by atoms with E-state index in [1.807, 2.05) is 30.3 Å². The van der Waals surface area contributed by atoms with Gasteiger partial charge in [-0.2, -0.15) is 0 Å². The lowest BCUT2D eigenvalue weighted by molar-refractivity contribution is 0.112. The lowest BCUT2D eigenvalue weighted by Gasteiger charge is -2.08. The number of carbonyl (C=O) groups is 1. The third kappa shape index (κ3) is 1.63. The fourth-order valence-corrected chi connectivity index (χ4v) is 2.17. The van der Waals surface area contributed by atoms with Crippen molar-refractivity contribution in [2.75, 3.05) is 7.11 Å². The smallest absolute Gasteiger partial charge is 0.154 e. The highest BCUT2D eigenvalue weighted by molar-refractivity contribution is 9.10. The van der Waals surface area contributed by atoms with Crippen LogP contribution in [0.1, 0.15) is 10.4 Å². The number of hydrogen-bond acceptors (Lipinski definition) is 2. The summed E-state index contributed by atoms with van der Waals surface area (Å²) in [6, 6.07) is 9.53. The maximum Gasteiger partial charge on any atom is 0.154 e. The molecular formula is C12H9BrO2. The summed E-state index contributed by atoms with van der Waals surface area (Å²) in [7, 11) is 1.56. The molecule has 2 nitrogen and oxygen atoms in total. The van der Waals surface area contributed by atoms with Gasteiger partial charge in [0.25, 0.3) is 0 Å². The van der Waals surface area contributed by atoms with Crippen LogP contribution in [0, 0.1) is 0 Å². The van der Waals surface area contributed by atoms with Crippen LogP contribution in [0.3, 0.4) is 0 Å². The lowest BCUT2D eigenvalue weighted by atomic mass is 10.0. The van der Waals surface area contributed by atoms with Crippen molar-refractivity contribution in [3.05, 3.63) is 40.4 Å². The van der Waals surface area contributed by atoms with Gasteiger partial charge >= 0.3 is 0 Å². The van der Waals surface area contributed by atoms with Crippen molar-refractivity contribution >= 4 is 33.0 Å². The van der Waals surface area contributed by atoms with Gasteiger partial charge in [0.1, 0.15) is 5.75 Å². The van der Waals surface area contributed by atoms with Crippen LogP contribution in [0.15, 0.2) is 34.8 Å². The molecule has 0 N–H and O–H groups in total. The molecule has 0 saturated heterocycles. The van der Waals surface area contributed by atoms with E-state index in [4.69, 9.17) is 4.74 Å². The maximum absolute atomic E-state index is 11.0. The summed E-state index contributed by atoms with van der Waals surface area (Å²) in [4.78, 5) is 11.0. The first-order chi connectivity index (χ1) is 7.27. The summed E-state index contributed by atoms with van der Waals surface area (Å²) >= 11 is 3.46. The maximum atomic E-state index is 11.0. The molecule has 3 heteroatoms. The van der Waals surface area contributed by atoms with Gasteiger partial charge in [-0.1, -0.05) is 40.2 Å². The first-order valence-electron chi connectivity index (χ1n) is 4.48. The normalized spacial score (nSPS) is 10.3. The van der Waals surface area contributed by atoms with Crippen LogP contribution in [0.25, 0.3) is 10.8 Å². The molecule has 15 heavy (non-hydrogen) atoms. The van der Waals surface area contributed by atoms with Crippen LogP contribution >= 0.6 is 15.9 Å². The van der Waals surface area contributed by atoms with E-state index >= 15 is 0 Å². The Hall–Kier alpha value is -1.35. The summed E-state index contributed by atoms with van der Waals surface area (Å²) in [5.41, 5.74) is 0.594. The van der Waals surface area contributed by atoms with Crippen molar-refractivity contribution in [1.82, 2.24) is 0 Å². The number of carbonyl (C=O) groups excluding carboxylic acids is 1. The standard InChI is InChI=1S/C12H9BrO2/c1-15-12-6-11(13)9-5-3-2-4-8(9)10(12)7-14/h2-7H,1H3. The van der Waals surface area contributed by atoms with E-state index in [9.17, 15) is 4.79 Å². The summed E-state index contributed by atoms with van der Waals surface area (Å²) in [6.07, 6.45) is 0.827. The summed E-state index contributed by atoms with van der Waals surface area (Å²) in [5.74, 6) is 0.593. The van der Waals surface area contributed by atoms with Gasteiger partial charge in [-0.05, 0) is 16.8 Å². The molecule has 0 amide bonds. The Balaban J connectivity index is 2.91. The van der Waals surface area contributed by atoms with Gasteiger partial charge in [0.15, 0.2) is 6.29 Å². The predicted octanol–water partition coefficient (Wildman–Crippen LogP) is 3.42. The Morgan fingerprint density at radius 1 is 1.27 bits per heavy atom. The van der Waals surface area contributed by atoms with Gasteiger partial charge < -0.3 is 4.74 Å². The Kier molecular flexibility index (Phi) is 2.73. The molecule has 2 aromatic rings. The molecule has 0 aliphatic rings. The van der Waals surface area contributed by atoms with Gasteiger partial charge in [0.05, 0.1) is 12.7 Å². The number of aldehydes is 1. The van der Waals surface area contributed by atoms with Crippen LogP contribution < -0.4 is 4.74 Å². The highest BCUT2D eigenvalue weighted by Gasteiger charge is 2.09. The lowest BCUT2D eigenvalue weighted by Crippen LogP contribution is -1.92. The second-order valence-electron chi connectivity index (χ2n) is 3.14. The molecule has 0 fully saturated rings. The fourth-order valence-electron chi connectivity index (χ4n) is 1.62.